The van der Waals surface area contributed by atoms with Gasteiger partial charge in [0.1, 0.15) is 6.10 Å². The van der Waals surface area contributed by atoms with Crippen LogP contribution in [0.2, 0.25) is 0 Å². The summed E-state index contributed by atoms with van der Waals surface area (Å²) in [5, 5.41) is 18.7. The molecule has 2 heteroatoms. The van der Waals surface area contributed by atoms with Gasteiger partial charge in [0.05, 0.1) is 6.10 Å². The van der Waals surface area contributed by atoms with Gasteiger partial charge in [-0.25, -0.2) is 0 Å². The molecule has 0 fully saturated rings. The maximum Gasteiger partial charge on any atom is 0.115 e. The second kappa shape index (κ2) is 4.30. The van der Waals surface area contributed by atoms with Gasteiger partial charge in [0.15, 0.2) is 0 Å². The Labute approximate surface area is 72.9 Å². The number of hydrogen-bond donors (Lipinski definition) is 2. The molecule has 0 unspecified atom stereocenters. The average Bonchev–Trinajstić information content (AvgIpc) is 2.37. The molecule has 66 valence electrons. The van der Waals surface area contributed by atoms with Crippen LogP contribution in [0, 0.1) is 17.8 Å². The van der Waals surface area contributed by atoms with Crippen LogP contribution in [0.1, 0.15) is 19.8 Å². The second-order valence-corrected chi connectivity index (χ2v) is 3.04. The minimum absolute atomic E-state index is 0.0841. The van der Waals surface area contributed by atoms with Crippen molar-refractivity contribution < 1.29 is 10.2 Å². The van der Waals surface area contributed by atoms with Crippen molar-refractivity contribution in [2.24, 2.45) is 5.92 Å². The van der Waals surface area contributed by atoms with E-state index in [1.807, 2.05) is 12.2 Å². The molecule has 0 saturated carbocycles. The maximum absolute atomic E-state index is 9.38. The second-order valence-electron chi connectivity index (χ2n) is 3.04. The molecule has 0 saturated heterocycles. The number of aliphatic hydroxyl groups is 2. The molecule has 1 rings (SSSR count). The van der Waals surface area contributed by atoms with Gasteiger partial charge in [-0.15, -0.1) is 5.92 Å². The van der Waals surface area contributed by atoms with Crippen molar-refractivity contribution in [1.29, 1.82) is 0 Å². The summed E-state index contributed by atoms with van der Waals surface area (Å²) in [5.74, 6) is 5.39. The minimum Gasteiger partial charge on any atom is -0.392 e. The lowest BCUT2D eigenvalue weighted by molar-refractivity contribution is 0.110. The summed E-state index contributed by atoms with van der Waals surface area (Å²) < 4.78 is 0. The van der Waals surface area contributed by atoms with Crippen molar-refractivity contribution in [2.75, 3.05) is 0 Å². The lowest BCUT2D eigenvalue weighted by atomic mass is 9.99. The highest BCUT2D eigenvalue weighted by Gasteiger charge is 2.21. The first-order chi connectivity index (χ1) is 5.74. The van der Waals surface area contributed by atoms with Crippen LogP contribution in [0.3, 0.4) is 0 Å². The molecular weight excluding hydrogens is 152 g/mol. The Morgan fingerprint density at radius 3 is 2.92 bits per heavy atom. The fourth-order valence-electron chi connectivity index (χ4n) is 1.41. The molecule has 2 nitrogen and oxygen atoms in total. The van der Waals surface area contributed by atoms with E-state index in [0.29, 0.717) is 12.8 Å². The SMILES string of the molecule is CC#C[C@@H](O)C[C@H]1C=CC[C@H]1O. The molecular formula is C10H14O2. The maximum atomic E-state index is 9.38. The van der Waals surface area contributed by atoms with Crippen molar-refractivity contribution in [3.05, 3.63) is 12.2 Å². The van der Waals surface area contributed by atoms with E-state index < -0.39 is 6.10 Å². The first-order valence-corrected chi connectivity index (χ1v) is 4.19. The third-order valence-corrected chi connectivity index (χ3v) is 2.06. The van der Waals surface area contributed by atoms with Gasteiger partial charge in [-0.3, -0.25) is 0 Å². The van der Waals surface area contributed by atoms with Gasteiger partial charge in [0, 0.05) is 5.92 Å². The normalized spacial score (nSPS) is 29.6. The van der Waals surface area contributed by atoms with Gasteiger partial charge < -0.3 is 10.2 Å². The number of hydrogen-bond acceptors (Lipinski definition) is 2. The molecule has 12 heavy (non-hydrogen) atoms. The molecule has 1 aliphatic rings. The third-order valence-electron chi connectivity index (χ3n) is 2.06. The van der Waals surface area contributed by atoms with Crippen molar-refractivity contribution in [3.8, 4) is 11.8 Å². The van der Waals surface area contributed by atoms with Crippen molar-refractivity contribution in [1.82, 2.24) is 0 Å². The van der Waals surface area contributed by atoms with E-state index in [1.165, 1.54) is 0 Å². The summed E-state index contributed by atoms with van der Waals surface area (Å²) in [6.07, 6.45) is 4.22. The molecule has 0 aromatic rings. The number of aliphatic hydroxyl groups excluding tert-OH is 2. The molecule has 2 N–H and O–H groups in total. The average molecular weight is 166 g/mol. The van der Waals surface area contributed by atoms with E-state index in [9.17, 15) is 10.2 Å². The predicted molar refractivity (Wildman–Crippen MR) is 47.3 cm³/mol. The Morgan fingerprint density at radius 1 is 1.67 bits per heavy atom. The first kappa shape index (κ1) is 9.31. The fourth-order valence-corrected chi connectivity index (χ4v) is 1.41. The van der Waals surface area contributed by atoms with Crippen LogP contribution < -0.4 is 0 Å². The van der Waals surface area contributed by atoms with E-state index >= 15 is 0 Å². The van der Waals surface area contributed by atoms with Crippen LogP contribution in [0.15, 0.2) is 12.2 Å². The molecule has 0 bridgehead atoms. The van der Waals surface area contributed by atoms with Crippen LogP contribution in [0.4, 0.5) is 0 Å². The van der Waals surface area contributed by atoms with Gasteiger partial charge in [-0.1, -0.05) is 18.1 Å². The van der Waals surface area contributed by atoms with Crippen molar-refractivity contribution in [3.63, 3.8) is 0 Å². The zero-order chi connectivity index (χ0) is 8.97. The molecule has 0 spiro atoms. The van der Waals surface area contributed by atoms with Crippen molar-refractivity contribution in [2.45, 2.75) is 32.0 Å². The van der Waals surface area contributed by atoms with Gasteiger partial charge in [0.2, 0.25) is 0 Å². The molecule has 3 atom stereocenters. The van der Waals surface area contributed by atoms with Crippen LogP contribution in [0.5, 0.6) is 0 Å². The first-order valence-electron chi connectivity index (χ1n) is 4.19. The largest absolute Gasteiger partial charge is 0.392 e. The monoisotopic (exact) mass is 166 g/mol. The van der Waals surface area contributed by atoms with Crippen LogP contribution in [0.25, 0.3) is 0 Å². The molecule has 0 amide bonds. The molecule has 0 aliphatic heterocycles. The predicted octanol–water partition coefficient (Wildman–Crippen LogP) is 0.698. The van der Waals surface area contributed by atoms with Gasteiger partial charge >= 0.3 is 0 Å². The smallest absolute Gasteiger partial charge is 0.115 e. The van der Waals surface area contributed by atoms with E-state index in [4.69, 9.17) is 0 Å². The fraction of sp³-hybridized carbons (Fsp3) is 0.600. The standard InChI is InChI=1S/C10H14O2/c1-2-4-9(11)7-8-5-3-6-10(8)12/h3,5,8-12H,6-7H2,1H3/t8-,9-,10-/m1/s1. The van der Waals surface area contributed by atoms with Gasteiger partial charge in [-0.2, -0.15) is 0 Å². The summed E-state index contributed by atoms with van der Waals surface area (Å²) in [5.41, 5.74) is 0. The summed E-state index contributed by atoms with van der Waals surface area (Å²) in [6, 6.07) is 0. The Balaban J connectivity index is 2.38. The lowest BCUT2D eigenvalue weighted by Crippen LogP contribution is -2.19. The Hall–Kier alpha value is -0.780. The van der Waals surface area contributed by atoms with Crippen LogP contribution in [-0.4, -0.2) is 22.4 Å². The third kappa shape index (κ3) is 2.37. The number of rotatable bonds is 2. The summed E-state index contributed by atoms with van der Waals surface area (Å²) >= 11 is 0. The van der Waals surface area contributed by atoms with E-state index in [2.05, 4.69) is 11.8 Å². The highest BCUT2D eigenvalue weighted by Crippen LogP contribution is 2.22. The van der Waals surface area contributed by atoms with Crippen LogP contribution >= 0.6 is 0 Å². The Morgan fingerprint density at radius 2 is 2.42 bits per heavy atom. The van der Waals surface area contributed by atoms with Gasteiger partial charge in [0.25, 0.3) is 0 Å². The van der Waals surface area contributed by atoms with E-state index in [1.54, 1.807) is 6.92 Å². The Bertz CT molecular complexity index is 222. The lowest BCUT2D eigenvalue weighted by Gasteiger charge is -2.14. The Kier molecular flexibility index (Phi) is 3.33. The summed E-state index contributed by atoms with van der Waals surface area (Å²) in [4.78, 5) is 0. The van der Waals surface area contributed by atoms with Crippen molar-refractivity contribution >= 4 is 0 Å². The zero-order valence-electron chi connectivity index (χ0n) is 7.20. The zero-order valence-corrected chi connectivity index (χ0v) is 7.20. The topological polar surface area (TPSA) is 40.5 Å². The molecule has 0 radical (unpaired) electrons. The molecule has 1 aliphatic carbocycles. The minimum atomic E-state index is -0.600. The van der Waals surface area contributed by atoms with Crippen LogP contribution in [-0.2, 0) is 0 Å². The molecule has 0 aromatic carbocycles. The highest BCUT2D eigenvalue weighted by molar-refractivity contribution is 5.07. The van der Waals surface area contributed by atoms with E-state index in [0.717, 1.165) is 0 Å². The molecule has 0 heterocycles. The summed E-state index contributed by atoms with van der Waals surface area (Å²) in [7, 11) is 0. The quantitative estimate of drug-likeness (QED) is 0.468. The molecule has 0 aromatic heterocycles. The highest BCUT2D eigenvalue weighted by atomic mass is 16.3. The summed E-state index contributed by atoms with van der Waals surface area (Å²) in [6.45, 7) is 1.70. The van der Waals surface area contributed by atoms with E-state index in [-0.39, 0.29) is 12.0 Å². The van der Waals surface area contributed by atoms with Gasteiger partial charge in [-0.05, 0) is 19.8 Å².